The lowest BCUT2D eigenvalue weighted by Gasteiger charge is -2.17. The van der Waals surface area contributed by atoms with E-state index in [9.17, 15) is 13.2 Å². The first-order chi connectivity index (χ1) is 16.2. The molecule has 0 atom stereocenters. The van der Waals surface area contributed by atoms with Crippen LogP contribution in [0.25, 0.3) is 0 Å². The molecule has 3 aromatic rings. The number of nitrogens with zero attached hydrogens (tertiary/aromatic N) is 3. The normalized spacial score (nSPS) is 13.4. The van der Waals surface area contributed by atoms with Gasteiger partial charge in [0.25, 0.3) is 5.91 Å². The molecule has 12 heteroatoms. The first-order valence-electron chi connectivity index (χ1n) is 10.8. The molecule has 0 aliphatic heterocycles. The molecule has 180 valence electrons. The fourth-order valence-corrected chi connectivity index (χ4v) is 3.97. The van der Waals surface area contributed by atoms with Crippen LogP contribution in [0.3, 0.4) is 0 Å². The summed E-state index contributed by atoms with van der Waals surface area (Å²) in [7, 11) is -1.74. The molecule has 1 aromatic carbocycles. The third kappa shape index (κ3) is 5.83. The van der Waals surface area contributed by atoms with Gasteiger partial charge < -0.3 is 10.6 Å². The molecule has 11 nitrogen and oxygen atoms in total. The van der Waals surface area contributed by atoms with Crippen molar-refractivity contribution in [1.82, 2.24) is 20.2 Å². The van der Waals surface area contributed by atoms with Crippen LogP contribution < -0.4 is 20.8 Å². The molecule has 0 unspecified atom stereocenters. The maximum atomic E-state index is 12.7. The summed E-state index contributed by atoms with van der Waals surface area (Å²) in [5, 5.41) is 10.5. The Balaban J connectivity index is 1.71. The van der Waals surface area contributed by atoms with E-state index in [2.05, 4.69) is 30.9 Å². The van der Waals surface area contributed by atoms with Gasteiger partial charge in [0.15, 0.2) is 0 Å². The van der Waals surface area contributed by atoms with E-state index >= 15 is 0 Å². The quantitative estimate of drug-likeness (QED) is 0.321. The van der Waals surface area contributed by atoms with Crippen LogP contribution in [0.4, 0.5) is 28.7 Å². The van der Waals surface area contributed by atoms with E-state index in [4.69, 9.17) is 4.84 Å². The third-order valence-electron chi connectivity index (χ3n) is 5.19. The minimum atomic E-state index is -3.52. The smallest absolute Gasteiger partial charge is 0.278 e. The molecule has 2 heterocycles. The van der Waals surface area contributed by atoms with Gasteiger partial charge in [-0.2, -0.15) is 5.10 Å². The van der Waals surface area contributed by atoms with Crippen LogP contribution in [0.15, 0.2) is 42.7 Å². The Morgan fingerprint density at radius 1 is 1.15 bits per heavy atom. The predicted octanol–water partition coefficient (Wildman–Crippen LogP) is 3.23. The number of aryl methyl sites for hydroxylation is 1. The van der Waals surface area contributed by atoms with Crippen molar-refractivity contribution < 1.29 is 18.0 Å². The number of rotatable bonds is 10. The lowest BCUT2D eigenvalue weighted by molar-refractivity contribution is 0.0365. The molecule has 4 rings (SSSR count). The zero-order valence-corrected chi connectivity index (χ0v) is 19.9. The van der Waals surface area contributed by atoms with Gasteiger partial charge in [-0.25, -0.2) is 18.9 Å². The highest BCUT2D eigenvalue weighted by Crippen LogP contribution is 2.42. The van der Waals surface area contributed by atoms with Crippen molar-refractivity contribution in [2.45, 2.75) is 25.7 Å². The van der Waals surface area contributed by atoms with Crippen molar-refractivity contribution >= 4 is 44.6 Å². The minimum Gasteiger partial charge on any atom is -0.353 e. The number of sulfonamides is 1. The second-order valence-electron chi connectivity index (χ2n) is 8.02. The van der Waals surface area contributed by atoms with E-state index < -0.39 is 15.9 Å². The molecule has 0 radical (unpaired) electrons. The molecule has 34 heavy (non-hydrogen) atoms. The number of hydroxylamine groups is 1. The molecule has 1 aliphatic rings. The number of pyridine rings is 1. The molecule has 1 saturated carbocycles. The van der Waals surface area contributed by atoms with E-state index in [1.165, 1.54) is 6.20 Å². The zero-order valence-electron chi connectivity index (χ0n) is 19.1. The highest BCUT2D eigenvalue weighted by Gasteiger charge is 2.25. The Morgan fingerprint density at radius 3 is 2.59 bits per heavy atom. The Hall–Kier alpha value is -3.64. The van der Waals surface area contributed by atoms with Gasteiger partial charge in [-0.05, 0) is 43.4 Å². The van der Waals surface area contributed by atoms with Crippen molar-refractivity contribution in [2.24, 2.45) is 7.05 Å². The minimum absolute atomic E-state index is 0.223. The molecule has 1 fully saturated rings. The van der Waals surface area contributed by atoms with Crippen LogP contribution in [-0.4, -0.2) is 42.0 Å². The van der Waals surface area contributed by atoms with Gasteiger partial charge in [0.1, 0.15) is 11.6 Å². The van der Waals surface area contributed by atoms with Gasteiger partial charge in [0.2, 0.25) is 10.0 Å². The van der Waals surface area contributed by atoms with E-state index in [1.807, 2.05) is 12.1 Å². The molecular weight excluding hydrogens is 458 g/mol. The summed E-state index contributed by atoms with van der Waals surface area (Å²) >= 11 is 0. The Kier molecular flexibility index (Phi) is 6.70. The zero-order chi connectivity index (χ0) is 24.3. The number of hydrogen-bond acceptors (Lipinski definition) is 8. The van der Waals surface area contributed by atoms with Crippen LogP contribution in [-0.2, 0) is 21.9 Å². The van der Waals surface area contributed by atoms with Crippen molar-refractivity contribution in [3.63, 3.8) is 0 Å². The molecule has 0 bridgehead atoms. The van der Waals surface area contributed by atoms with Gasteiger partial charge >= 0.3 is 0 Å². The standard InChI is InChI=1S/C22H27N7O4S/c1-4-33-27-22(30)16-13-23-20(26-21-9-10-24-29(21)2)12-18(16)25-17-8-7-15(14-5-6-14)11-19(17)28-34(3,31)32/h7-14,28H,4-6H2,1-3H3,(H,27,30)(H2,23,25,26). The summed E-state index contributed by atoms with van der Waals surface area (Å²) in [5.74, 6) is 1.12. The number of amides is 1. The second kappa shape index (κ2) is 9.69. The Morgan fingerprint density at radius 2 is 1.94 bits per heavy atom. The maximum absolute atomic E-state index is 12.7. The number of anilines is 5. The second-order valence-corrected chi connectivity index (χ2v) is 9.77. The predicted molar refractivity (Wildman–Crippen MR) is 130 cm³/mol. The fraction of sp³-hybridized carbons (Fsp3) is 0.318. The largest absolute Gasteiger partial charge is 0.353 e. The van der Waals surface area contributed by atoms with Crippen LogP contribution in [0.2, 0.25) is 0 Å². The molecule has 1 aliphatic carbocycles. The first kappa shape index (κ1) is 23.5. The summed E-state index contributed by atoms with van der Waals surface area (Å²) in [6.07, 6.45) is 6.33. The van der Waals surface area contributed by atoms with E-state index in [0.717, 1.165) is 24.7 Å². The number of aromatic nitrogens is 3. The number of carbonyl (C=O) groups is 1. The highest BCUT2D eigenvalue weighted by atomic mass is 32.2. The van der Waals surface area contributed by atoms with E-state index in [-0.39, 0.29) is 5.56 Å². The van der Waals surface area contributed by atoms with Crippen molar-refractivity contribution in [3.05, 3.63) is 53.9 Å². The van der Waals surface area contributed by atoms with E-state index in [1.54, 1.807) is 43.0 Å². The van der Waals surface area contributed by atoms with Gasteiger partial charge in [-0.3, -0.25) is 19.0 Å². The van der Waals surface area contributed by atoms with Gasteiger partial charge in [-0.1, -0.05) is 6.07 Å². The number of nitrogens with one attached hydrogen (secondary N) is 4. The molecule has 1 amide bonds. The topological polar surface area (TPSA) is 139 Å². The van der Waals surface area contributed by atoms with Gasteiger partial charge in [-0.15, -0.1) is 0 Å². The first-order valence-corrected chi connectivity index (χ1v) is 12.7. The van der Waals surface area contributed by atoms with Gasteiger partial charge in [0, 0.05) is 25.4 Å². The molecule has 2 aromatic heterocycles. The lowest BCUT2D eigenvalue weighted by Crippen LogP contribution is -2.24. The van der Waals surface area contributed by atoms with Gasteiger partial charge in [0.05, 0.1) is 41.7 Å². The average molecular weight is 486 g/mol. The summed E-state index contributed by atoms with van der Waals surface area (Å²) in [4.78, 5) is 22.1. The fourth-order valence-electron chi connectivity index (χ4n) is 3.40. The molecular formula is C22H27N7O4S. The summed E-state index contributed by atoms with van der Waals surface area (Å²) < 4.78 is 28.2. The van der Waals surface area contributed by atoms with E-state index in [0.29, 0.717) is 41.2 Å². The SMILES string of the molecule is CCONC(=O)c1cnc(Nc2ccnn2C)cc1Nc1ccc(C2CC2)cc1NS(C)(=O)=O. The number of benzene rings is 1. The monoisotopic (exact) mass is 485 g/mol. The summed E-state index contributed by atoms with van der Waals surface area (Å²) in [6, 6.07) is 9.04. The van der Waals surface area contributed by atoms with Crippen molar-refractivity contribution in [2.75, 3.05) is 28.2 Å². The number of carbonyl (C=O) groups excluding carboxylic acids is 1. The number of hydrogen-bond donors (Lipinski definition) is 4. The third-order valence-corrected chi connectivity index (χ3v) is 5.78. The lowest BCUT2D eigenvalue weighted by atomic mass is 10.1. The van der Waals surface area contributed by atoms with Crippen LogP contribution >= 0.6 is 0 Å². The average Bonchev–Trinajstić information content (AvgIpc) is 3.55. The Bertz CT molecular complexity index is 1300. The Labute approximate surface area is 197 Å². The van der Waals surface area contributed by atoms with Crippen LogP contribution in [0, 0.1) is 0 Å². The van der Waals surface area contributed by atoms with Crippen LogP contribution in [0.1, 0.15) is 41.6 Å². The summed E-state index contributed by atoms with van der Waals surface area (Å²) in [6.45, 7) is 2.05. The molecule has 4 N–H and O–H groups in total. The molecule has 0 spiro atoms. The van der Waals surface area contributed by atoms with Crippen molar-refractivity contribution in [3.8, 4) is 0 Å². The maximum Gasteiger partial charge on any atom is 0.278 e. The van der Waals surface area contributed by atoms with Crippen LogP contribution in [0.5, 0.6) is 0 Å². The highest BCUT2D eigenvalue weighted by molar-refractivity contribution is 7.92. The summed E-state index contributed by atoms with van der Waals surface area (Å²) in [5.41, 5.74) is 4.97. The molecule has 0 saturated heterocycles. The van der Waals surface area contributed by atoms with Crippen molar-refractivity contribution in [1.29, 1.82) is 0 Å².